The first-order valence-corrected chi connectivity index (χ1v) is 13.6. The molecule has 0 aliphatic heterocycles. The molecule has 0 amide bonds. The van der Waals surface area contributed by atoms with Crippen molar-refractivity contribution in [3.8, 4) is 22.5 Å². The Kier molecular flexibility index (Phi) is 8.30. The molecule has 6 aromatic rings. The summed E-state index contributed by atoms with van der Waals surface area (Å²) in [4.78, 5) is 39.6. The molecular weight excluding hydrogens is 546 g/mol. The average Bonchev–Trinajstić information content (AvgIpc) is 3.45. The summed E-state index contributed by atoms with van der Waals surface area (Å²) in [5.41, 5.74) is 5.90. The maximum Gasteiger partial charge on any atom is 0.260 e. The van der Waals surface area contributed by atoms with E-state index in [1.54, 1.807) is 24.2 Å². The number of benzene rings is 2. The molecule has 11 heteroatoms. The average molecular weight is 570 g/mol. The molecule has 0 saturated carbocycles. The maximum atomic E-state index is 12.0. The molecule has 0 atom stereocenters. The highest BCUT2D eigenvalue weighted by atomic mass is 35.5. The zero-order chi connectivity index (χ0) is 28.1. The van der Waals surface area contributed by atoms with Crippen LogP contribution in [-0.4, -0.2) is 43.5 Å². The standard InChI is InChI=1S/C21H12ClN5O2.C8H12N2S/c22-15-7-12(6-13-9-23-27-17(13)15)19-18(11-4-2-1-3-5-11)25-20-16(24-19)8-14(10-28)21(29)26-20;1-7-4-3-5-8(10-7)6-11-9-2/h1-10H,(H,23,27)(H,25,26,29);3-5,9H,6H2,1-2H3. The van der Waals surface area contributed by atoms with Crippen molar-refractivity contribution in [2.75, 3.05) is 7.05 Å². The van der Waals surface area contributed by atoms with Gasteiger partial charge in [-0.2, -0.15) is 5.10 Å². The van der Waals surface area contributed by atoms with E-state index in [4.69, 9.17) is 16.6 Å². The first-order valence-electron chi connectivity index (χ1n) is 12.3. The first-order chi connectivity index (χ1) is 19.5. The lowest BCUT2D eigenvalue weighted by molar-refractivity contribution is 0.112. The highest BCUT2D eigenvalue weighted by molar-refractivity contribution is 7.96. The zero-order valence-corrected chi connectivity index (χ0v) is 23.2. The van der Waals surface area contributed by atoms with Gasteiger partial charge in [-0.05, 0) is 44.3 Å². The molecule has 0 aliphatic carbocycles. The molecule has 6 rings (SSSR count). The number of aromatic amines is 2. The summed E-state index contributed by atoms with van der Waals surface area (Å²) in [5.74, 6) is 0.929. The highest BCUT2D eigenvalue weighted by Crippen LogP contribution is 2.34. The first kappa shape index (κ1) is 27.2. The third-order valence-corrected chi connectivity index (χ3v) is 6.99. The second kappa shape index (κ2) is 12.2. The number of carbonyl (C=O) groups is 1. The number of H-pyrrole nitrogens is 2. The van der Waals surface area contributed by atoms with Crippen LogP contribution in [0.4, 0.5) is 0 Å². The Bertz CT molecular complexity index is 1870. The number of aldehydes is 1. The smallest absolute Gasteiger partial charge is 0.260 e. The monoisotopic (exact) mass is 569 g/mol. The Morgan fingerprint density at radius 1 is 0.975 bits per heavy atom. The fraction of sp³-hybridized carbons (Fsp3) is 0.103. The normalized spacial score (nSPS) is 10.9. The number of fused-ring (bicyclic) bond motifs is 2. The second-order valence-electron chi connectivity index (χ2n) is 8.75. The van der Waals surface area contributed by atoms with Gasteiger partial charge < -0.3 is 4.98 Å². The second-order valence-corrected chi connectivity index (χ2v) is 10.1. The Balaban J connectivity index is 0.000000248. The molecule has 4 heterocycles. The Morgan fingerprint density at radius 3 is 2.52 bits per heavy atom. The summed E-state index contributed by atoms with van der Waals surface area (Å²) < 4.78 is 3.01. The van der Waals surface area contributed by atoms with Gasteiger partial charge in [0.2, 0.25) is 0 Å². The van der Waals surface area contributed by atoms with Crippen LogP contribution in [-0.2, 0) is 5.75 Å². The quantitative estimate of drug-likeness (QED) is 0.171. The highest BCUT2D eigenvalue weighted by Gasteiger charge is 2.16. The number of rotatable bonds is 6. The predicted molar refractivity (Wildman–Crippen MR) is 160 cm³/mol. The number of aryl methyl sites for hydroxylation is 1. The number of carbonyl (C=O) groups excluding carboxylic acids is 1. The van der Waals surface area contributed by atoms with Gasteiger partial charge in [-0.1, -0.05) is 59.9 Å². The molecule has 3 N–H and O–H groups in total. The van der Waals surface area contributed by atoms with Crippen molar-refractivity contribution in [1.29, 1.82) is 0 Å². The molecule has 0 saturated heterocycles. The molecule has 200 valence electrons. The Morgan fingerprint density at radius 2 is 1.77 bits per heavy atom. The van der Waals surface area contributed by atoms with Gasteiger partial charge in [0.15, 0.2) is 11.9 Å². The van der Waals surface area contributed by atoms with E-state index >= 15 is 0 Å². The van der Waals surface area contributed by atoms with Gasteiger partial charge >= 0.3 is 0 Å². The molecule has 0 aliphatic rings. The minimum absolute atomic E-state index is 0.00599. The summed E-state index contributed by atoms with van der Waals surface area (Å²) in [6, 6.07) is 20.7. The molecule has 0 radical (unpaired) electrons. The van der Waals surface area contributed by atoms with Gasteiger partial charge in [0.1, 0.15) is 5.52 Å². The van der Waals surface area contributed by atoms with Crippen LogP contribution < -0.4 is 10.3 Å². The fourth-order valence-corrected chi connectivity index (χ4v) is 4.82. The van der Waals surface area contributed by atoms with Crippen molar-refractivity contribution in [3.63, 3.8) is 0 Å². The number of nitrogens with one attached hydrogen (secondary N) is 3. The number of hydrogen-bond acceptors (Lipinski definition) is 8. The van der Waals surface area contributed by atoms with E-state index in [0.717, 1.165) is 39.2 Å². The topological polar surface area (TPSA) is 129 Å². The van der Waals surface area contributed by atoms with Crippen LogP contribution in [0.25, 0.3) is 44.6 Å². The van der Waals surface area contributed by atoms with Crippen molar-refractivity contribution < 1.29 is 4.79 Å². The van der Waals surface area contributed by atoms with Crippen LogP contribution in [0.1, 0.15) is 21.7 Å². The van der Waals surface area contributed by atoms with E-state index in [1.165, 1.54) is 6.07 Å². The molecule has 0 unspecified atom stereocenters. The van der Waals surface area contributed by atoms with Crippen LogP contribution >= 0.6 is 23.5 Å². The van der Waals surface area contributed by atoms with Crippen LogP contribution in [0.15, 0.2) is 77.7 Å². The lowest BCUT2D eigenvalue weighted by atomic mass is 10.0. The minimum atomic E-state index is -0.503. The molecular formula is C29H24ClN7O2S. The number of aromatic nitrogens is 6. The summed E-state index contributed by atoms with van der Waals surface area (Å²) >= 11 is 8.08. The van der Waals surface area contributed by atoms with Crippen molar-refractivity contribution in [1.82, 2.24) is 34.9 Å². The minimum Gasteiger partial charge on any atom is -0.305 e. The molecule has 0 spiro atoms. The maximum absolute atomic E-state index is 12.0. The summed E-state index contributed by atoms with van der Waals surface area (Å²) in [6.07, 6.45) is 2.18. The molecule has 40 heavy (non-hydrogen) atoms. The van der Waals surface area contributed by atoms with Gasteiger partial charge in [0.05, 0.1) is 45.1 Å². The lowest BCUT2D eigenvalue weighted by Crippen LogP contribution is -2.13. The van der Waals surface area contributed by atoms with E-state index in [9.17, 15) is 9.59 Å². The van der Waals surface area contributed by atoms with Crippen LogP contribution in [0, 0.1) is 6.92 Å². The van der Waals surface area contributed by atoms with Gasteiger partial charge in [-0.3, -0.25) is 24.4 Å². The van der Waals surface area contributed by atoms with Crippen LogP contribution in [0.2, 0.25) is 5.02 Å². The zero-order valence-electron chi connectivity index (χ0n) is 21.6. The molecule has 0 fully saturated rings. The predicted octanol–water partition coefficient (Wildman–Crippen LogP) is 5.75. The van der Waals surface area contributed by atoms with Gasteiger partial charge in [0.25, 0.3) is 5.56 Å². The molecule has 0 bridgehead atoms. The van der Waals surface area contributed by atoms with Crippen LogP contribution in [0.3, 0.4) is 0 Å². The molecule has 9 nitrogen and oxygen atoms in total. The third kappa shape index (κ3) is 5.94. The summed E-state index contributed by atoms with van der Waals surface area (Å²) in [7, 11) is 1.92. The molecule has 4 aromatic heterocycles. The van der Waals surface area contributed by atoms with Gasteiger partial charge in [0, 0.05) is 22.2 Å². The Hall–Kier alpha value is -4.38. The van der Waals surface area contributed by atoms with E-state index in [2.05, 4.69) is 29.9 Å². The van der Waals surface area contributed by atoms with E-state index < -0.39 is 5.56 Å². The fourth-order valence-electron chi connectivity index (χ4n) is 4.10. The largest absolute Gasteiger partial charge is 0.305 e. The van der Waals surface area contributed by atoms with Crippen LogP contribution in [0.5, 0.6) is 0 Å². The van der Waals surface area contributed by atoms with Gasteiger partial charge in [-0.25, -0.2) is 9.97 Å². The van der Waals surface area contributed by atoms with E-state index in [1.807, 2.05) is 68.6 Å². The number of halogens is 1. The van der Waals surface area contributed by atoms with Crippen molar-refractivity contribution in [2.45, 2.75) is 12.7 Å². The number of pyridine rings is 2. The van der Waals surface area contributed by atoms with Crippen molar-refractivity contribution in [3.05, 3.63) is 105 Å². The van der Waals surface area contributed by atoms with E-state index in [-0.39, 0.29) is 5.56 Å². The third-order valence-electron chi connectivity index (χ3n) is 5.97. The summed E-state index contributed by atoms with van der Waals surface area (Å²) in [5, 5.41) is 8.24. The lowest BCUT2D eigenvalue weighted by Gasteiger charge is -2.11. The van der Waals surface area contributed by atoms with Crippen molar-refractivity contribution >= 4 is 51.9 Å². The number of nitrogens with zero attached hydrogens (tertiary/aromatic N) is 4. The van der Waals surface area contributed by atoms with E-state index in [0.29, 0.717) is 33.9 Å². The van der Waals surface area contributed by atoms with Gasteiger partial charge in [-0.15, -0.1) is 0 Å². The number of hydrogen-bond donors (Lipinski definition) is 3. The van der Waals surface area contributed by atoms with Crippen molar-refractivity contribution in [2.24, 2.45) is 0 Å². The Labute approximate surface area is 238 Å². The summed E-state index contributed by atoms with van der Waals surface area (Å²) in [6.45, 7) is 2.01. The molecule has 2 aromatic carbocycles. The SMILES string of the molecule is CNSCc1cccc(C)n1.O=Cc1cc2nc(-c3cc(Cl)c4[nH]ncc4c3)c(-c3ccccc3)nc2[nH]c1=O.